The van der Waals surface area contributed by atoms with E-state index in [1.54, 1.807) is 18.7 Å². The van der Waals surface area contributed by atoms with Gasteiger partial charge in [0.05, 0.1) is 6.04 Å². The maximum Gasteiger partial charge on any atom is 0.246 e. The molecule has 0 fully saturated rings. The van der Waals surface area contributed by atoms with Gasteiger partial charge in [-0.3, -0.25) is 4.79 Å². The van der Waals surface area contributed by atoms with E-state index in [0.29, 0.717) is 12.3 Å². The van der Waals surface area contributed by atoms with E-state index in [2.05, 4.69) is 47.2 Å². The molecule has 0 saturated carbocycles. The van der Waals surface area contributed by atoms with Gasteiger partial charge in [-0.05, 0) is 57.9 Å². The molecule has 2 aromatic rings. The predicted octanol–water partition coefficient (Wildman–Crippen LogP) is 2.48. The molecule has 1 aromatic heterocycles. The fraction of sp³-hybridized carbons (Fsp3) is 0.444. The Bertz CT molecular complexity index is 903. The molecular weight excluding hydrogens is 386 g/mol. The second kappa shape index (κ2) is 8.90. The summed E-state index contributed by atoms with van der Waals surface area (Å²) >= 11 is 1.64. The molecule has 1 aromatic carbocycles. The summed E-state index contributed by atoms with van der Waals surface area (Å²) in [5, 5.41) is 6.39. The molecule has 0 saturated heterocycles. The second-order valence-electron chi connectivity index (χ2n) is 6.38. The van der Waals surface area contributed by atoms with E-state index < -0.39 is 16.1 Å². The highest BCUT2D eigenvalue weighted by Crippen LogP contribution is 2.21. The monoisotopic (exact) mass is 411 g/mol. The lowest BCUT2D eigenvalue weighted by Crippen LogP contribution is -2.45. The molecule has 0 spiro atoms. The number of benzene rings is 1. The number of carbonyl (C=O) groups excluding carboxylic acids is 1. The zero-order valence-electron chi connectivity index (χ0n) is 16.1. The molecule has 2 rings (SSSR count). The summed E-state index contributed by atoms with van der Waals surface area (Å²) in [6.07, 6.45) is 0. The Morgan fingerprint density at radius 1 is 1.22 bits per heavy atom. The Balaban J connectivity index is 1.84. The first-order valence-electron chi connectivity index (χ1n) is 8.55. The number of rotatable bonds is 8. The second-order valence-corrected chi connectivity index (χ2v) is 9.20. The van der Waals surface area contributed by atoms with Crippen molar-refractivity contribution in [3.8, 4) is 0 Å². The average Bonchev–Trinajstić information content (AvgIpc) is 2.93. The third kappa shape index (κ3) is 5.57. The van der Waals surface area contributed by atoms with Crippen molar-refractivity contribution in [2.75, 3.05) is 12.3 Å². The number of carbonyl (C=O) groups is 1. The lowest BCUT2D eigenvalue weighted by atomic mass is 10.1. The molecule has 1 atom stereocenters. The molecule has 1 unspecified atom stereocenters. The van der Waals surface area contributed by atoms with E-state index in [4.69, 9.17) is 4.52 Å². The van der Waals surface area contributed by atoms with Gasteiger partial charge in [-0.2, -0.15) is 4.72 Å². The Kier molecular flexibility index (Phi) is 7.07. The molecule has 0 aliphatic heterocycles. The first-order chi connectivity index (χ1) is 12.6. The van der Waals surface area contributed by atoms with Gasteiger partial charge >= 0.3 is 0 Å². The third-order valence-corrected chi connectivity index (χ3v) is 6.89. The van der Waals surface area contributed by atoms with Crippen molar-refractivity contribution in [3.05, 3.63) is 40.8 Å². The van der Waals surface area contributed by atoms with Crippen molar-refractivity contribution in [2.45, 2.75) is 50.5 Å². The summed E-state index contributed by atoms with van der Waals surface area (Å²) in [6, 6.07) is 5.33. The number of amides is 1. The highest BCUT2D eigenvalue weighted by atomic mass is 32.2. The van der Waals surface area contributed by atoms with Crippen molar-refractivity contribution in [3.63, 3.8) is 0 Å². The van der Waals surface area contributed by atoms with Crippen LogP contribution < -0.4 is 10.0 Å². The Morgan fingerprint density at radius 2 is 1.93 bits per heavy atom. The van der Waals surface area contributed by atoms with Gasteiger partial charge in [-0.1, -0.05) is 11.2 Å². The molecule has 0 bridgehead atoms. The molecule has 27 heavy (non-hydrogen) atoms. The number of hydrogen-bond donors (Lipinski definition) is 2. The minimum absolute atomic E-state index is 0.0209. The summed E-state index contributed by atoms with van der Waals surface area (Å²) in [4.78, 5) is 13.3. The quantitative estimate of drug-likeness (QED) is 0.511. The lowest BCUT2D eigenvalue weighted by Gasteiger charge is -2.14. The van der Waals surface area contributed by atoms with Gasteiger partial charge in [-0.15, -0.1) is 11.8 Å². The Morgan fingerprint density at radius 3 is 2.52 bits per heavy atom. The molecule has 9 heteroatoms. The SMILES string of the molecule is Cc1ccc(SCCNC(=O)C(C)NS(=O)(=O)c2c(C)noc2C)cc1C. The number of thioether (sulfide) groups is 1. The predicted molar refractivity (Wildman–Crippen MR) is 105 cm³/mol. The normalized spacial score (nSPS) is 12.8. The third-order valence-electron chi connectivity index (χ3n) is 4.11. The van der Waals surface area contributed by atoms with Crippen LogP contribution in [0.5, 0.6) is 0 Å². The van der Waals surface area contributed by atoms with Crippen LogP contribution in [0.2, 0.25) is 0 Å². The molecule has 0 aliphatic rings. The van der Waals surface area contributed by atoms with Crippen LogP contribution in [0.3, 0.4) is 0 Å². The summed E-state index contributed by atoms with van der Waals surface area (Å²) < 4.78 is 32.1. The van der Waals surface area contributed by atoms with E-state index in [1.165, 1.54) is 25.0 Å². The first-order valence-corrected chi connectivity index (χ1v) is 11.0. The summed E-state index contributed by atoms with van der Waals surface area (Å²) in [7, 11) is -3.88. The van der Waals surface area contributed by atoms with Crippen molar-refractivity contribution in [2.24, 2.45) is 0 Å². The zero-order valence-corrected chi connectivity index (χ0v) is 17.8. The number of nitrogens with zero attached hydrogens (tertiary/aromatic N) is 1. The van der Waals surface area contributed by atoms with E-state index in [0.717, 1.165) is 4.90 Å². The number of aryl methyl sites for hydroxylation is 4. The fourth-order valence-electron chi connectivity index (χ4n) is 2.50. The molecule has 7 nitrogen and oxygen atoms in total. The van der Waals surface area contributed by atoms with Crippen LogP contribution in [0.4, 0.5) is 0 Å². The molecule has 0 radical (unpaired) electrons. The summed E-state index contributed by atoms with van der Waals surface area (Å²) in [5.41, 5.74) is 2.73. The van der Waals surface area contributed by atoms with Gasteiger partial charge in [0.2, 0.25) is 15.9 Å². The highest BCUT2D eigenvalue weighted by Gasteiger charge is 2.27. The molecule has 1 heterocycles. The number of sulfonamides is 1. The lowest BCUT2D eigenvalue weighted by molar-refractivity contribution is -0.122. The first kappa shape index (κ1) is 21.5. The number of hydrogen-bond acceptors (Lipinski definition) is 6. The Hall–Kier alpha value is -1.84. The molecule has 2 N–H and O–H groups in total. The minimum atomic E-state index is -3.88. The van der Waals surface area contributed by atoms with Gasteiger partial charge in [0, 0.05) is 17.2 Å². The fourth-order valence-corrected chi connectivity index (χ4v) is 4.90. The number of aromatic nitrogens is 1. The van der Waals surface area contributed by atoms with Crippen LogP contribution in [0.1, 0.15) is 29.5 Å². The van der Waals surface area contributed by atoms with Crippen LogP contribution in [0.15, 0.2) is 32.5 Å². The van der Waals surface area contributed by atoms with Gasteiger partial charge in [0.25, 0.3) is 0 Å². The zero-order chi connectivity index (χ0) is 20.2. The van der Waals surface area contributed by atoms with Crippen LogP contribution in [-0.4, -0.2) is 37.8 Å². The van der Waals surface area contributed by atoms with E-state index in [1.807, 2.05) is 0 Å². The van der Waals surface area contributed by atoms with Gasteiger partial charge in [0.15, 0.2) is 5.76 Å². The van der Waals surface area contributed by atoms with Crippen molar-refractivity contribution >= 4 is 27.7 Å². The number of nitrogens with one attached hydrogen (secondary N) is 2. The molecule has 0 aliphatic carbocycles. The Labute approximate surface area is 164 Å². The summed E-state index contributed by atoms with van der Waals surface area (Å²) in [5.74, 6) is 0.501. The largest absolute Gasteiger partial charge is 0.360 e. The highest BCUT2D eigenvalue weighted by molar-refractivity contribution is 7.99. The molecule has 148 valence electrons. The smallest absolute Gasteiger partial charge is 0.246 e. The van der Waals surface area contributed by atoms with Gasteiger partial charge < -0.3 is 9.84 Å². The van der Waals surface area contributed by atoms with Crippen molar-refractivity contribution in [1.29, 1.82) is 0 Å². The van der Waals surface area contributed by atoms with E-state index in [-0.39, 0.29) is 22.3 Å². The van der Waals surface area contributed by atoms with Crippen LogP contribution in [-0.2, 0) is 14.8 Å². The van der Waals surface area contributed by atoms with Crippen molar-refractivity contribution < 1.29 is 17.7 Å². The standard InChI is InChI=1S/C18H25N3O4S2/c1-11-6-7-16(10-12(11)2)26-9-8-19-18(22)14(4)21-27(23,24)17-13(3)20-25-15(17)5/h6-7,10,14,21H,8-9H2,1-5H3,(H,19,22). The van der Waals surface area contributed by atoms with Crippen LogP contribution in [0.25, 0.3) is 0 Å². The van der Waals surface area contributed by atoms with Crippen LogP contribution in [0, 0.1) is 27.7 Å². The molecular formula is C18H25N3O4S2. The van der Waals surface area contributed by atoms with Crippen molar-refractivity contribution in [1.82, 2.24) is 15.2 Å². The maximum absolute atomic E-state index is 12.4. The molecule has 1 amide bonds. The van der Waals surface area contributed by atoms with Gasteiger partial charge in [-0.25, -0.2) is 8.42 Å². The summed E-state index contributed by atoms with van der Waals surface area (Å²) in [6.45, 7) is 9.13. The van der Waals surface area contributed by atoms with Crippen LogP contribution >= 0.6 is 11.8 Å². The topological polar surface area (TPSA) is 101 Å². The van der Waals surface area contributed by atoms with E-state index in [9.17, 15) is 13.2 Å². The maximum atomic E-state index is 12.4. The van der Waals surface area contributed by atoms with E-state index >= 15 is 0 Å². The average molecular weight is 412 g/mol. The van der Waals surface area contributed by atoms with Gasteiger partial charge in [0.1, 0.15) is 10.6 Å². The minimum Gasteiger partial charge on any atom is -0.360 e.